The Labute approximate surface area is 44.9 Å². The lowest BCUT2D eigenvalue weighted by atomic mass is 10.5. The molecule has 0 radical (unpaired) electrons. The molecule has 0 rings (SSSR count). The van der Waals surface area contributed by atoms with Crippen LogP contribution in [0.2, 0.25) is 0 Å². The van der Waals surface area contributed by atoms with Gasteiger partial charge in [-0.05, 0) is 11.6 Å². The van der Waals surface area contributed by atoms with Crippen LogP contribution in [0.1, 0.15) is 6.42 Å². The predicted molar refractivity (Wildman–Crippen MR) is 22.5 cm³/mol. The number of hydrogen-bond donors (Lipinski definition) is 1. The Kier molecular flexibility index (Phi) is 2.46. The fourth-order valence-corrected chi connectivity index (χ4v) is 0.211. The third-order valence-electron chi connectivity index (χ3n) is 0.395. The Morgan fingerprint density at radius 3 is 2.00 bits per heavy atom. The van der Waals surface area contributed by atoms with Crippen LogP contribution in [0.15, 0.2) is 0 Å². The highest BCUT2D eigenvalue weighted by Gasteiger charge is 2.22. The molecule has 0 aliphatic heterocycles. The van der Waals surface area contributed by atoms with Crippen molar-refractivity contribution in [2.75, 3.05) is 6.61 Å². The first kappa shape index (κ1) is 7.11. The first-order valence-electron chi connectivity index (χ1n) is 1.74. The van der Waals surface area contributed by atoms with Gasteiger partial charge in [0.2, 0.25) is 0 Å². The Bertz CT molecular complexity index is 51.4. The summed E-state index contributed by atoms with van der Waals surface area (Å²) >= 11 is 4.34. The molecule has 4 heteroatoms. The van der Waals surface area contributed by atoms with Gasteiger partial charge in [0.25, 0.3) is 0 Å². The second kappa shape index (κ2) is 2.43. The summed E-state index contributed by atoms with van der Waals surface area (Å²) in [7, 11) is 0. The van der Waals surface area contributed by atoms with Crippen molar-refractivity contribution < 1.29 is 13.9 Å². The molecule has 0 saturated heterocycles. The quantitative estimate of drug-likeness (QED) is 0.557. The Hall–Kier alpha value is 0.110. The van der Waals surface area contributed by atoms with Crippen LogP contribution in [0.5, 0.6) is 0 Å². The average Bonchev–Trinajstić information content (AvgIpc) is 1.30. The zero-order valence-electron chi connectivity index (χ0n) is 3.50. The molecule has 0 spiro atoms. The van der Waals surface area contributed by atoms with Gasteiger partial charge in [-0.1, -0.05) is 0 Å². The highest BCUT2D eigenvalue weighted by molar-refractivity contribution is 6.21. The van der Waals surface area contributed by atoms with Gasteiger partial charge in [-0.25, -0.2) is 0 Å². The zero-order valence-corrected chi connectivity index (χ0v) is 4.25. The molecule has 0 atom stereocenters. The molecule has 0 saturated carbocycles. The monoisotopic (exact) mass is 130 g/mol. The van der Waals surface area contributed by atoms with Gasteiger partial charge in [0.05, 0.1) is 6.61 Å². The van der Waals surface area contributed by atoms with Crippen molar-refractivity contribution in [2.24, 2.45) is 0 Å². The molecule has 7 heavy (non-hydrogen) atoms. The predicted octanol–water partition coefficient (Wildman–Crippen LogP) is 1.20. The SMILES string of the molecule is OCCC(F)(F)Cl. The summed E-state index contributed by atoms with van der Waals surface area (Å²) in [6.45, 7) is -0.573. The Balaban J connectivity index is 3.15. The van der Waals surface area contributed by atoms with Crippen LogP contribution in [0.25, 0.3) is 0 Å². The van der Waals surface area contributed by atoms with Gasteiger partial charge in [0, 0.05) is 6.42 Å². The molecule has 1 N–H and O–H groups in total. The van der Waals surface area contributed by atoms with E-state index in [9.17, 15) is 8.78 Å². The molecule has 0 heterocycles. The Morgan fingerprint density at radius 2 is 2.00 bits per heavy atom. The molecule has 1 nitrogen and oxygen atoms in total. The molecule has 44 valence electrons. The van der Waals surface area contributed by atoms with Crippen molar-refractivity contribution in [3.05, 3.63) is 0 Å². The van der Waals surface area contributed by atoms with E-state index in [4.69, 9.17) is 5.11 Å². The first-order valence-corrected chi connectivity index (χ1v) is 2.11. The first-order chi connectivity index (χ1) is 3.06. The number of alkyl halides is 3. The van der Waals surface area contributed by atoms with Crippen LogP contribution >= 0.6 is 11.6 Å². The molecule has 0 aliphatic rings. The van der Waals surface area contributed by atoms with Crippen LogP contribution in [-0.4, -0.2) is 17.1 Å². The van der Waals surface area contributed by atoms with Crippen molar-refractivity contribution in [2.45, 2.75) is 11.8 Å². The van der Waals surface area contributed by atoms with Gasteiger partial charge >= 0.3 is 5.38 Å². The van der Waals surface area contributed by atoms with Crippen molar-refractivity contribution >= 4 is 11.6 Å². The van der Waals surface area contributed by atoms with Crippen LogP contribution < -0.4 is 0 Å². The summed E-state index contributed by atoms with van der Waals surface area (Å²) in [6, 6.07) is 0. The zero-order chi connectivity index (χ0) is 5.91. The molecule has 0 amide bonds. The fraction of sp³-hybridized carbons (Fsp3) is 1.00. The minimum atomic E-state index is -3.23. The van der Waals surface area contributed by atoms with Gasteiger partial charge < -0.3 is 5.11 Å². The summed E-state index contributed by atoms with van der Waals surface area (Å²) in [4.78, 5) is 0. The third kappa shape index (κ3) is 6.11. The minimum absolute atomic E-state index is 0.573. The van der Waals surface area contributed by atoms with Crippen molar-refractivity contribution in [3.8, 4) is 0 Å². The average molecular weight is 131 g/mol. The lowest BCUT2D eigenvalue weighted by Crippen LogP contribution is -2.07. The molecule has 0 unspecified atom stereocenters. The Morgan fingerprint density at radius 1 is 1.57 bits per heavy atom. The van der Waals surface area contributed by atoms with E-state index >= 15 is 0 Å². The van der Waals surface area contributed by atoms with Crippen molar-refractivity contribution in [1.82, 2.24) is 0 Å². The highest BCUT2D eigenvalue weighted by Crippen LogP contribution is 2.21. The number of hydrogen-bond acceptors (Lipinski definition) is 1. The van der Waals surface area contributed by atoms with Gasteiger partial charge in [-0.3, -0.25) is 0 Å². The molecule has 0 bridgehead atoms. The summed E-state index contributed by atoms with van der Waals surface area (Å²) in [5.74, 6) is 0. The van der Waals surface area contributed by atoms with Crippen LogP contribution in [0, 0.1) is 0 Å². The summed E-state index contributed by atoms with van der Waals surface area (Å²) in [6.07, 6.45) is -0.672. The number of aliphatic hydroxyl groups is 1. The van der Waals surface area contributed by atoms with E-state index in [0.717, 1.165) is 0 Å². The molecule has 0 aromatic heterocycles. The van der Waals surface area contributed by atoms with E-state index in [-0.39, 0.29) is 0 Å². The second-order valence-corrected chi connectivity index (χ2v) is 1.64. The largest absolute Gasteiger partial charge is 0.396 e. The number of rotatable bonds is 2. The van der Waals surface area contributed by atoms with E-state index in [0.29, 0.717) is 0 Å². The van der Waals surface area contributed by atoms with Crippen LogP contribution in [0.4, 0.5) is 8.78 Å². The second-order valence-electron chi connectivity index (χ2n) is 1.09. The summed E-state index contributed by atoms with van der Waals surface area (Å²) in [5.41, 5.74) is 0. The van der Waals surface area contributed by atoms with E-state index < -0.39 is 18.4 Å². The van der Waals surface area contributed by atoms with Crippen LogP contribution in [-0.2, 0) is 0 Å². The number of aliphatic hydroxyl groups excluding tert-OH is 1. The van der Waals surface area contributed by atoms with E-state index in [2.05, 4.69) is 11.6 Å². The molecular formula is C3H5ClF2O. The standard InChI is InChI=1S/C3H5ClF2O/c4-3(5,6)1-2-7/h7H,1-2H2. The normalized spacial score (nSPS) is 12.0. The smallest absolute Gasteiger partial charge is 0.323 e. The minimum Gasteiger partial charge on any atom is -0.396 e. The lowest BCUT2D eigenvalue weighted by Gasteiger charge is -2.01. The van der Waals surface area contributed by atoms with Gasteiger partial charge in [0.1, 0.15) is 0 Å². The summed E-state index contributed by atoms with van der Waals surface area (Å²) < 4.78 is 22.7. The summed E-state index contributed by atoms with van der Waals surface area (Å²) in [5, 5.41) is 4.61. The molecule has 0 aromatic rings. The van der Waals surface area contributed by atoms with E-state index in [1.54, 1.807) is 0 Å². The topological polar surface area (TPSA) is 20.2 Å². The van der Waals surface area contributed by atoms with Crippen LogP contribution in [0.3, 0.4) is 0 Å². The molecule has 0 aromatic carbocycles. The molecule has 0 aliphatic carbocycles. The van der Waals surface area contributed by atoms with Gasteiger partial charge in [-0.2, -0.15) is 8.78 Å². The fourth-order valence-electron chi connectivity index (χ4n) is 0.127. The maximum Gasteiger partial charge on any atom is 0.323 e. The highest BCUT2D eigenvalue weighted by atomic mass is 35.5. The number of halogens is 3. The van der Waals surface area contributed by atoms with Gasteiger partial charge in [-0.15, -0.1) is 0 Å². The third-order valence-corrected chi connectivity index (χ3v) is 0.584. The maximum atomic E-state index is 11.3. The van der Waals surface area contributed by atoms with Crippen molar-refractivity contribution in [1.29, 1.82) is 0 Å². The van der Waals surface area contributed by atoms with Crippen molar-refractivity contribution in [3.63, 3.8) is 0 Å². The molecule has 0 fully saturated rings. The maximum absolute atomic E-state index is 11.3. The van der Waals surface area contributed by atoms with Gasteiger partial charge in [0.15, 0.2) is 0 Å². The molecular weight excluding hydrogens is 125 g/mol. The van der Waals surface area contributed by atoms with E-state index in [1.165, 1.54) is 0 Å². The van der Waals surface area contributed by atoms with E-state index in [1.807, 2.05) is 0 Å². The lowest BCUT2D eigenvalue weighted by molar-refractivity contribution is 0.0640.